The van der Waals surface area contributed by atoms with Crippen molar-refractivity contribution in [2.75, 3.05) is 24.8 Å². The minimum absolute atomic E-state index is 0.278. The third kappa shape index (κ3) is 2.46. The molecule has 5 nitrogen and oxygen atoms in total. The summed E-state index contributed by atoms with van der Waals surface area (Å²) in [7, 11) is 0. The summed E-state index contributed by atoms with van der Waals surface area (Å²) < 4.78 is 16.4. The maximum atomic E-state index is 5.80. The van der Waals surface area contributed by atoms with Gasteiger partial charge in [0.05, 0.1) is 11.9 Å². The highest BCUT2D eigenvalue weighted by molar-refractivity contribution is 5.79. The molecule has 0 spiro atoms. The quantitative estimate of drug-likeness (QED) is 0.811. The number of rotatable bonds is 3. The first-order valence-corrected chi connectivity index (χ1v) is 7.17. The minimum Gasteiger partial charge on any atom is -0.454 e. The van der Waals surface area contributed by atoms with E-state index in [9.17, 15) is 0 Å². The fourth-order valence-corrected chi connectivity index (χ4v) is 2.62. The van der Waals surface area contributed by atoms with E-state index < -0.39 is 0 Å². The van der Waals surface area contributed by atoms with E-state index in [0.29, 0.717) is 0 Å². The Labute approximate surface area is 122 Å². The molecule has 0 N–H and O–H groups in total. The molecule has 1 saturated heterocycles. The van der Waals surface area contributed by atoms with Gasteiger partial charge in [0.15, 0.2) is 17.4 Å². The van der Waals surface area contributed by atoms with E-state index >= 15 is 0 Å². The van der Waals surface area contributed by atoms with Gasteiger partial charge in [-0.3, -0.25) is 4.99 Å². The molecule has 0 atom stereocenters. The van der Waals surface area contributed by atoms with E-state index in [-0.39, 0.29) is 6.79 Å². The van der Waals surface area contributed by atoms with Crippen molar-refractivity contribution < 1.29 is 13.9 Å². The Bertz CT molecular complexity index is 672. The van der Waals surface area contributed by atoms with E-state index in [4.69, 9.17) is 13.9 Å². The van der Waals surface area contributed by atoms with Gasteiger partial charge in [0.25, 0.3) is 0 Å². The van der Waals surface area contributed by atoms with Crippen LogP contribution in [0.25, 0.3) is 0 Å². The van der Waals surface area contributed by atoms with Crippen molar-refractivity contribution in [2.24, 2.45) is 4.99 Å². The molecule has 0 amide bonds. The molecular weight excluding hydrogens is 268 g/mol. The molecule has 21 heavy (non-hydrogen) atoms. The van der Waals surface area contributed by atoms with Crippen molar-refractivity contribution in [1.82, 2.24) is 0 Å². The molecule has 0 unspecified atom stereocenters. The lowest BCUT2D eigenvalue weighted by Crippen LogP contribution is -2.16. The van der Waals surface area contributed by atoms with Crippen LogP contribution in [0.3, 0.4) is 0 Å². The third-order valence-corrected chi connectivity index (χ3v) is 3.73. The van der Waals surface area contributed by atoms with Gasteiger partial charge in [-0.1, -0.05) is 0 Å². The number of benzene rings is 1. The van der Waals surface area contributed by atoms with E-state index in [1.165, 1.54) is 12.8 Å². The average Bonchev–Trinajstić information content (AvgIpc) is 3.24. The monoisotopic (exact) mass is 284 g/mol. The molecule has 2 aliphatic rings. The predicted molar refractivity (Wildman–Crippen MR) is 80.0 cm³/mol. The van der Waals surface area contributed by atoms with Gasteiger partial charge in [-0.05, 0) is 31.0 Å². The first-order valence-electron chi connectivity index (χ1n) is 7.17. The Balaban J connectivity index is 1.50. The highest BCUT2D eigenvalue weighted by Gasteiger charge is 2.15. The van der Waals surface area contributed by atoms with Gasteiger partial charge in [-0.15, -0.1) is 0 Å². The molecule has 0 aliphatic carbocycles. The third-order valence-electron chi connectivity index (χ3n) is 3.73. The molecule has 0 saturated carbocycles. The molecule has 0 radical (unpaired) electrons. The second-order valence-corrected chi connectivity index (χ2v) is 5.17. The van der Waals surface area contributed by atoms with Gasteiger partial charge in [0.1, 0.15) is 5.76 Å². The molecule has 4 rings (SSSR count). The number of hydrogen-bond acceptors (Lipinski definition) is 5. The predicted octanol–water partition coefficient (Wildman–Crippen LogP) is 3.36. The highest BCUT2D eigenvalue weighted by Crippen LogP contribution is 2.35. The van der Waals surface area contributed by atoms with E-state index in [2.05, 4.69) is 9.89 Å². The van der Waals surface area contributed by atoms with Crippen molar-refractivity contribution in [2.45, 2.75) is 12.8 Å². The number of hydrogen-bond donors (Lipinski definition) is 0. The van der Waals surface area contributed by atoms with Crippen LogP contribution >= 0.6 is 0 Å². The van der Waals surface area contributed by atoms with Gasteiger partial charge >= 0.3 is 0 Å². The summed E-state index contributed by atoms with van der Waals surface area (Å²) in [6.45, 7) is 2.43. The van der Waals surface area contributed by atoms with Crippen LogP contribution < -0.4 is 14.4 Å². The first-order chi connectivity index (χ1) is 10.4. The number of furan rings is 1. The topological polar surface area (TPSA) is 47.2 Å². The molecule has 1 fully saturated rings. The largest absolute Gasteiger partial charge is 0.454 e. The van der Waals surface area contributed by atoms with Crippen LogP contribution in [0.1, 0.15) is 18.6 Å². The lowest BCUT2D eigenvalue weighted by atomic mass is 10.3. The fraction of sp³-hybridized carbons (Fsp3) is 0.312. The van der Waals surface area contributed by atoms with Crippen LogP contribution in [0, 0.1) is 0 Å². The maximum Gasteiger partial charge on any atom is 0.231 e. The minimum atomic E-state index is 0.278. The zero-order valence-electron chi connectivity index (χ0n) is 11.6. The normalized spacial score (nSPS) is 17.0. The van der Waals surface area contributed by atoms with Crippen molar-refractivity contribution in [1.29, 1.82) is 0 Å². The van der Waals surface area contributed by atoms with Gasteiger partial charge < -0.3 is 18.8 Å². The Kier molecular flexibility index (Phi) is 3.03. The first kappa shape index (κ1) is 12.3. The Morgan fingerprint density at radius 3 is 2.76 bits per heavy atom. The number of aliphatic imine (C=N–C) groups is 1. The number of fused-ring (bicyclic) bond motifs is 1. The number of nitrogens with zero attached hydrogens (tertiary/aromatic N) is 2. The summed E-state index contributed by atoms with van der Waals surface area (Å²) >= 11 is 0. The molecule has 0 bridgehead atoms. The molecule has 2 aromatic rings. The molecule has 2 aliphatic heterocycles. The lowest BCUT2D eigenvalue weighted by Gasteiger charge is -2.12. The number of ether oxygens (including phenoxy) is 2. The lowest BCUT2D eigenvalue weighted by molar-refractivity contribution is 0.174. The van der Waals surface area contributed by atoms with Gasteiger partial charge in [-0.2, -0.15) is 0 Å². The fourth-order valence-electron chi connectivity index (χ4n) is 2.62. The molecule has 5 heteroatoms. The van der Waals surface area contributed by atoms with Crippen molar-refractivity contribution >= 4 is 17.8 Å². The summed E-state index contributed by atoms with van der Waals surface area (Å²) in [5.74, 6) is 3.19. The Morgan fingerprint density at radius 2 is 1.86 bits per heavy atom. The second kappa shape index (κ2) is 5.16. The zero-order chi connectivity index (χ0) is 14.1. The molecular formula is C16H16N2O3. The van der Waals surface area contributed by atoms with Crippen LogP contribution in [-0.2, 0) is 0 Å². The van der Waals surface area contributed by atoms with Crippen molar-refractivity contribution in [3.8, 4) is 11.5 Å². The maximum absolute atomic E-state index is 5.80. The van der Waals surface area contributed by atoms with E-state index in [0.717, 1.165) is 41.9 Å². The summed E-state index contributed by atoms with van der Waals surface area (Å²) in [6, 6.07) is 9.58. The summed E-state index contributed by atoms with van der Waals surface area (Å²) in [6.07, 6.45) is 4.21. The van der Waals surface area contributed by atoms with Gasteiger partial charge in [0, 0.05) is 25.2 Å². The van der Waals surface area contributed by atoms with Gasteiger partial charge in [0.2, 0.25) is 6.79 Å². The van der Waals surface area contributed by atoms with Gasteiger partial charge in [-0.25, -0.2) is 0 Å². The molecule has 3 heterocycles. The molecule has 1 aromatic carbocycles. The Hall–Kier alpha value is -2.43. The van der Waals surface area contributed by atoms with Crippen LogP contribution in [0.2, 0.25) is 0 Å². The number of anilines is 1. The standard InChI is InChI=1S/C16H16N2O3/c1-2-8-18(7-1)16-6-4-13(21-16)10-17-12-3-5-14-15(9-12)20-11-19-14/h3-6,9-10H,1-2,7-8,11H2. The Morgan fingerprint density at radius 1 is 1.00 bits per heavy atom. The van der Waals surface area contributed by atoms with E-state index in [1.807, 2.05) is 30.3 Å². The van der Waals surface area contributed by atoms with Crippen LogP contribution in [0.4, 0.5) is 11.6 Å². The van der Waals surface area contributed by atoms with Crippen LogP contribution in [0.15, 0.2) is 39.7 Å². The second-order valence-electron chi connectivity index (χ2n) is 5.17. The van der Waals surface area contributed by atoms with Crippen LogP contribution in [0.5, 0.6) is 11.5 Å². The van der Waals surface area contributed by atoms with E-state index in [1.54, 1.807) is 6.21 Å². The highest BCUT2D eigenvalue weighted by atomic mass is 16.7. The summed E-state index contributed by atoms with van der Waals surface area (Å²) in [4.78, 5) is 6.68. The average molecular weight is 284 g/mol. The van der Waals surface area contributed by atoms with Crippen LogP contribution in [-0.4, -0.2) is 26.1 Å². The zero-order valence-corrected chi connectivity index (χ0v) is 11.6. The summed E-state index contributed by atoms with van der Waals surface area (Å²) in [5.41, 5.74) is 0.818. The van der Waals surface area contributed by atoms with Crippen molar-refractivity contribution in [3.63, 3.8) is 0 Å². The SMILES string of the molecule is C(=Nc1ccc2c(c1)OCO2)c1ccc(N2CCCC2)o1. The molecule has 108 valence electrons. The molecule has 1 aromatic heterocycles. The van der Waals surface area contributed by atoms with Crippen molar-refractivity contribution in [3.05, 3.63) is 36.1 Å². The smallest absolute Gasteiger partial charge is 0.231 e. The summed E-state index contributed by atoms with van der Waals surface area (Å²) in [5, 5.41) is 0.